The summed E-state index contributed by atoms with van der Waals surface area (Å²) in [6.45, 7) is -0.145. The highest BCUT2D eigenvalue weighted by atomic mass is 16.5. The molecular weight excluding hydrogens is 310 g/mol. The summed E-state index contributed by atoms with van der Waals surface area (Å²) in [5, 5.41) is 6.73. The Morgan fingerprint density at radius 2 is 2.08 bits per heavy atom. The smallest absolute Gasteiger partial charge is 0.263 e. The van der Waals surface area contributed by atoms with Gasteiger partial charge in [0, 0.05) is 24.5 Å². The van der Waals surface area contributed by atoms with E-state index in [1.54, 1.807) is 60.6 Å². The number of hydrogen-bond acceptors (Lipinski definition) is 6. The molecule has 0 unspecified atom stereocenters. The summed E-state index contributed by atoms with van der Waals surface area (Å²) in [6, 6.07) is 10.4. The maximum Gasteiger partial charge on any atom is 0.263 e. The molecule has 8 nitrogen and oxygen atoms in total. The molecule has 122 valence electrons. The third-order valence-corrected chi connectivity index (χ3v) is 3.07. The number of nitrogens with one attached hydrogen (secondary N) is 1. The van der Waals surface area contributed by atoms with Crippen molar-refractivity contribution >= 4 is 11.7 Å². The van der Waals surface area contributed by atoms with Gasteiger partial charge in [-0.2, -0.15) is 5.10 Å². The second-order valence-corrected chi connectivity index (χ2v) is 4.73. The molecule has 24 heavy (non-hydrogen) atoms. The quantitative estimate of drug-likeness (QED) is 0.741. The van der Waals surface area contributed by atoms with Crippen molar-refractivity contribution in [2.45, 2.75) is 0 Å². The molecular formula is C16H15N5O3. The average Bonchev–Trinajstić information content (AvgIpc) is 3.15. The fourth-order valence-corrected chi connectivity index (χ4v) is 1.96. The second-order valence-electron chi connectivity index (χ2n) is 4.73. The molecule has 0 aliphatic rings. The normalized spacial score (nSPS) is 10.2. The van der Waals surface area contributed by atoms with E-state index in [2.05, 4.69) is 20.4 Å². The first kappa shape index (κ1) is 15.5. The average molecular weight is 325 g/mol. The van der Waals surface area contributed by atoms with Gasteiger partial charge >= 0.3 is 0 Å². The number of carbonyl (C=O) groups is 1. The first-order chi connectivity index (χ1) is 11.7. The molecule has 0 spiro atoms. The minimum Gasteiger partial charge on any atom is -0.497 e. The Balaban J connectivity index is 1.59. The lowest BCUT2D eigenvalue weighted by Gasteiger charge is -2.08. The maximum absolute atomic E-state index is 12.0. The van der Waals surface area contributed by atoms with Crippen LogP contribution in [0.3, 0.4) is 0 Å². The van der Waals surface area contributed by atoms with Gasteiger partial charge in [-0.3, -0.25) is 4.79 Å². The fourth-order valence-electron chi connectivity index (χ4n) is 1.96. The highest BCUT2D eigenvalue weighted by Gasteiger charge is 2.07. The third-order valence-electron chi connectivity index (χ3n) is 3.07. The summed E-state index contributed by atoms with van der Waals surface area (Å²) >= 11 is 0. The SMILES string of the molecule is COc1cccc(OCC(=O)Nc2cc(-n3cccn3)ncn2)c1. The lowest BCUT2D eigenvalue weighted by atomic mass is 10.3. The van der Waals surface area contributed by atoms with E-state index in [1.165, 1.54) is 6.33 Å². The van der Waals surface area contributed by atoms with Crippen LogP contribution in [0.4, 0.5) is 5.82 Å². The van der Waals surface area contributed by atoms with Gasteiger partial charge in [0.1, 0.15) is 23.6 Å². The van der Waals surface area contributed by atoms with Crippen molar-refractivity contribution in [1.29, 1.82) is 0 Å². The maximum atomic E-state index is 12.0. The van der Waals surface area contributed by atoms with Crippen LogP contribution in [0.25, 0.3) is 5.82 Å². The Morgan fingerprint density at radius 3 is 2.88 bits per heavy atom. The zero-order valence-electron chi connectivity index (χ0n) is 12.9. The predicted octanol–water partition coefficient (Wildman–Crippen LogP) is 1.69. The van der Waals surface area contributed by atoms with E-state index >= 15 is 0 Å². The molecule has 1 amide bonds. The van der Waals surface area contributed by atoms with E-state index < -0.39 is 0 Å². The van der Waals surface area contributed by atoms with Gasteiger partial charge < -0.3 is 14.8 Å². The molecule has 0 aliphatic carbocycles. The van der Waals surface area contributed by atoms with Crippen LogP contribution in [-0.2, 0) is 4.79 Å². The van der Waals surface area contributed by atoms with Gasteiger partial charge in [-0.05, 0) is 18.2 Å². The van der Waals surface area contributed by atoms with Crippen LogP contribution in [-0.4, -0.2) is 39.4 Å². The minimum absolute atomic E-state index is 0.145. The second kappa shape index (κ2) is 7.23. The van der Waals surface area contributed by atoms with Crippen molar-refractivity contribution in [2.24, 2.45) is 0 Å². The number of methoxy groups -OCH3 is 1. The molecule has 0 bridgehead atoms. The van der Waals surface area contributed by atoms with E-state index in [9.17, 15) is 4.79 Å². The number of amides is 1. The molecule has 8 heteroatoms. The van der Waals surface area contributed by atoms with Crippen LogP contribution in [0.5, 0.6) is 11.5 Å². The van der Waals surface area contributed by atoms with Gasteiger partial charge in [-0.15, -0.1) is 0 Å². The Morgan fingerprint density at radius 1 is 1.21 bits per heavy atom. The zero-order valence-corrected chi connectivity index (χ0v) is 12.9. The summed E-state index contributed by atoms with van der Waals surface area (Å²) < 4.78 is 12.1. The molecule has 0 atom stereocenters. The van der Waals surface area contributed by atoms with Gasteiger partial charge in [0.15, 0.2) is 12.4 Å². The molecule has 0 radical (unpaired) electrons. The van der Waals surface area contributed by atoms with Gasteiger partial charge in [-0.25, -0.2) is 14.6 Å². The fraction of sp³-hybridized carbons (Fsp3) is 0.125. The Kier molecular flexibility index (Phi) is 4.66. The molecule has 0 saturated heterocycles. The Labute approximate surface area is 138 Å². The van der Waals surface area contributed by atoms with Crippen molar-refractivity contribution in [2.75, 3.05) is 19.0 Å². The number of hydrogen-bond donors (Lipinski definition) is 1. The van der Waals surface area contributed by atoms with E-state index in [4.69, 9.17) is 9.47 Å². The van der Waals surface area contributed by atoms with Gasteiger partial charge in [0.2, 0.25) is 0 Å². The zero-order chi connectivity index (χ0) is 16.8. The van der Waals surface area contributed by atoms with Crippen LogP contribution in [0.2, 0.25) is 0 Å². The molecule has 2 aromatic heterocycles. The van der Waals surface area contributed by atoms with Crippen LogP contribution in [0, 0.1) is 0 Å². The lowest BCUT2D eigenvalue weighted by molar-refractivity contribution is -0.118. The molecule has 0 fully saturated rings. The highest BCUT2D eigenvalue weighted by molar-refractivity contribution is 5.91. The number of ether oxygens (including phenoxy) is 2. The summed E-state index contributed by atoms with van der Waals surface area (Å²) in [6.07, 6.45) is 4.75. The molecule has 0 aliphatic heterocycles. The first-order valence-electron chi connectivity index (χ1n) is 7.13. The lowest BCUT2D eigenvalue weighted by Crippen LogP contribution is -2.21. The summed E-state index contributed by atoms with van der Waals surface area (Å²) in [5.74, 6) is 1.80. The highest BCUT2D eigenvalue weighted by Crippen LogP contribution is 2.18. The topological polar surface area (TPSA) is 91.2 Å². The molecule has 2 heterocycles. The number of carbonyl (C=O) groups excluding carboxylic acids is 1. The molecule has 3 aromatic rings. The number of benzene rings is 1. The van der Waals surface area contributed by atoms with Crippen LogP contribution in [0.15, 0.2) is 55.1 Å². The summed E-state index contributed by atoms with van der Waals surface area (Å²) in [7, 11) is 1.57. The number of anilines is 1. The van der Waals surface area contributed by atoms with E-state index in [-0.39, 0.29) is 12.5 Å². The number of nitrogens with zero attached hydrogens (tertiary/aromatic N) is 4. The van der Waals surface area contributed by atoms with Crippen molar-refractivity contribution in [1.82, 2.24) is 19.7 Å². The van der Waals surface area contributed by atoms with Gasteiger partial charge in [-0.1, -0.05) is 6.07 Å². The number of rotatable bonds is 6. The van der Waals surface area contributed by atoms with Crippen LogP contribution < -0.4 is 14.8 Å². The van der Waals surface area contributed by atoms with Gasteiger partial charge in [0.05, 0.1) is 7.11 Å². The van der Waals surface area contributed by atoms with E-state index in [1.807, 2.05) is 0 Å². The van der Waals surface area contributed by atoms with Gasteiger partial charge in [0.25, 0.3) is 5.91 Å². The third kappa shape index (κ3) is 3.86. The molecule has 1 N–H and O–H groups in total. The Hall–Kier alpha value is -3.42. The van der Waals surface area contributed by atoms with Crippen LogP contribution in [0.1, 0.15) is 0 Å². The van der Waals surface area contributed by atoms with E-state index in [0.29, 0.717) is 23.1 Å². The Bertz CT molecular complexity index is 820. The standard InChI is InChI=1S/C16H15N5O3/c1-23-12-4-2-5-13(8-12)24-10-16(22)20-14-9-15(18-11-17-14)21-7-3-6-19-21/h2-9,11H,10H2,1H3,(H,17,18,20,22). The summed E-state index contributed by atoms with van der Waals surface area (Å²) in [5.41, 5.74) is 0. The van der Waals surface area contributed by atoms with Crippen molar-refractivity contribution < 1.29 is 14.3 Å². The summed E-state index contributed by atoms with van der Waals surface area (Å²) in [4.78, 5) is 20.1. The molecule has 0 saturated carbocycles. The van der Waals surface area contributed by atoms with Crippen LogP contribution >= 0.6 is 0 Å². The monoisotopic (exact) mass is 325 g/mol. The van der Waals surface area contributed by atoms with Crippen molar-refractivity contribution in [3.63, 3.8) is 0 Å². The first-order valence-corrected chi connectivity index (χ1v) is 7.13. The molecule has 3 rings (SSSR count). The van der Waals surface area contributed by atoms with Crippen molar-refractivity contribution in [3.8, 4) is 17.3 Å². The van der Waals surface area contributed by atoms with E-state index in [0.717, 1.165) is 0 Å². The van der Waals surface area contributed by atoms with Crippen molar-refractivity contribution in [3.05, 3.63) is 55.1 Å². The largest absolute Gasteiger partial charge is 0.497 e. The molecule has 1 aromatic carbocycles. The number of aromatic nitrogens is 4. The predicted molar refractivity (Wildman–Crippen MR) is 86.3 cm³/mol. The minimum atomic E-state index is -0.331.